The van der Waals surface area contributed by atoms with Crippen molar-refractivity contribution in [3.05, 3.63) is 97.2 Å². The first-order valence-corrected chi connectivity index (χ1v) is 37.0. The van der Waals surface area contributed by atoms with Crippen molar-refractivity contribution in [3.63, 3.8) is 0 Å². The molecule has 1 aliphatic rings. The van der Waals surface area contributed by atoms with Gasteiger partial charge in [0, 0.05) is 6.42 Å². The normalized spacial score (nSPS) is 18.7. The molecule has 0 aliphatic carbocycles. The first kappa shape index (κ1) is 83.6. The minimum atomic E-state index is -1.63. The Balaban J connectivity index is 2.59. The van der Waals surface area contributed by atoms with Crippen LogP contribution in [0.1, 0.15) is 323 Å². The highest BCUT2D eigenvalue weighted by Crippen LogP contribution is 2.26. The lowest BCUT2D eigenvalue weighted by Gasteiger charge is -2.41. The molecule has 514 valence electrons. The lowest BCUT2D eigenvalue weighted by molar-refractivity contribution is -0.305. The smallest absolute Gasteiger partial charge is 0.306 e. The largest absolute Gasteiger partial charge is 0.454 e. The summed E-state index contributed by atoms with van der Waals surface area (Å²) < 4.78 is 17.7. The number of esters is 1. The number of aliphatic hydroxyl groups is 5. The fraction of sp³-hybridized carbons (Fsp3) is 0.769. The van der Waals surface area contributed by atoms with Crippen LogP contribution < -0.4 is 5.32 Å². The summed E-state index contributed by atoms with van der Waals surface area (Å²) in [5.74, 6) is -1.21. The van der Waals surface area contributed by atoms with E-state index < -0.39 is 67.4 Å². The fourth-order valence-electron chi connectivity index (χ4n) is 11.2. The van der Waals surface area contributed by atoms with E-state index in [0.717, 1.165) is 116 Å². The summed E-state index contributed by atoms with van der Waals surface area (Å²) in [6.45, 7) is 5.70. The van der Waals surface area contributed by atoms with Crippen molar-refractivity contribution in [2.75, 3.05) is 13.2 Å². The number of carbonyl (C=O) groups excluding carboxylic acids is 2. The number of aliphatic hydroxyl groups excluding tert-OH is 5. The van der Waals surface area contributed by atoms with Gasteiger partial charge in [-0.3, -0.25) is 9.59 Å². The summed E-state index contributed by atoms with van der Waals surface area (Å²) in [7, 11) is 0. The predicted octanol–water partition coefficient (Wildman–Crippen LogP) is 19.4. The van der Waals surface area contributed by atoms with E-state index in [2.05, 4.69) is 111 Å². The van der Waals surface area contributed by atoms with Crippen molar-refractivity contribution < 1.29 is 49.3 Å². The predicted molar refractivity (Wildman–Crippen MR) is 375 cm³/mol. The molecular weight excluding hydrogens is 1110 g/mol. The van der Waals surface area contributed by atoms with Crippen LogP contribution in [0, 0.1) is 0 Å². The number of carbonyl (C=O) groups is 2. The van der Waals surface area contributed by atoms with Crippen LogP contribution >= 0.6 is 0 Å². The number of hydrogen-bond acceptors (Lipinski definition) is 10. The molecule has 0 bridgehead atoms. The summed E-state index contributed by atoms with van der Waals surface area (Å²) in [5, 5.41) is 57.3. The quantitative estimate of drug-likeness (QED) is 0.0195. The van der Waals surface area contributed by atoms with Gasteiger partial charge in [-0.2, -0.15) is 0 Å². The first-order chi connectivity index (χ1) is 43.7. The molecule has 8 atom stereocenters. The van der Waals surface area contributed by atoms with Crippen LogP contribution in [0.4, 0.5) is 0 Å². The monoisotopic (exact) mass is 1250 g/mol. The third kappa shape index (κ3) is 51.7. The standard InChI is InChI=1S/C78H137NO10/c1-4-7-10-13-16-19-22-25-27-29-31-33-35-36-37-39-41-43-45-48-51-54-57-60-63-66-73(83)89-76-75(85)74(84)72(67-80)88-78(76)87-68-69(70(81)64-61-58-55-52-49-46-24-21-18-15-12-9-6-3)79-77(86)71(82)65-62-59-56-53-50-47-44-42-40-38-34-32-30-28-26-23-20-17-14-11-8-5-2/h7,10,16,19,25-28,31,33,36-37,41,43,61,64,69-72,74-76,78,80-82,84-85H,4-6,8-9,11-15,17-18,20-24,29-30,32,34-35,38-40,42,44-60,62-63,65-68H2,1-3H3,(H,79,86)/b10-7-,19-16-,27-25-,28-26+,33-31-,37-36-,43-41-,64-61+. The zero-order valence-corrected chi connectivity index (χ0v) is 57.3. The lowest BCUT2D eigenvalue weighted by Crippen LogP contribution is -2.61. The zero-order valence-electron chi connectivity index (χ0n) is 57.3. The van der Waals surface area contributed by atoms with Gasteiger partial charge in [0.05, 0.1) is 25.4 Å². The lowest BCUT2D eigenvalue weighted by atomic mass is 9.99. The van der Waals surface area contributed by atoms with E-state index in [1.54, 1.807) is 6.08 Å². The fourth-order valence-corrected chi connectivity index (χ4v) is 11.2. The molecule has 1 heterocycles. The summed E-state index contributed by atoms with van der Waals surface area (Å²) >= 11 is 0. The van der Waals surface area contributed by atoms with Gasteiger partial charge in [-0.15, -0.1) is 0 Å². The average molecular weight is 1250 g/mol. The van der Waals surface area contributed by atoms with Gasteiger partial charge in [0.25, 0.3) is 0 Å². The average Bonchev–Trinajstić information content (AvgIpc) is 1.80. The van der Waals surface area contributed by atoms with Crippen molar-refractivity contribution in [3.8, 4) is 0 Å². The maximum Gasteiger partial charge on any atom is 0.306 e. The molecule has 1 saturated heterocycles. The van der Waals surface area contributed by atoms with Gasteiger partial charge in [0.1, 0.15) is 24.4 Å². The third-order valence-electron chi connectivity index (χ3n) is 17.0. The van der Waals surface area contributed by atoms with E-state index in [1.807, 2.05) is 6.08 Å². The van der Waals surface area contributed by atoms with Crippen LogP contribution in [-0.4, -0.2) is 99.6 Å². The molecule has 8 unspecified atom stereocenters. The van der Waals surface area contributed by atoms with Crippen LogP contribution in [-0.2, 0) is 23.8 Å². The number of ether oxygens (including phenoxy) is 3. The topological polar surface area (TPSA) is 175 Å². The first-order valence-electron chi connectivity index (χ1n) is 37.0. The maximum atomic E-state index is 13.5. The van der Waals surface area contributed by atoms with Crippen molar-refractivity contribution in [1.82, 2.24) is 5.32 Å². The minimum absolute atomic E-state index is 0.103. The van der Waals surface area contributed by atoms with Gasteiger partial charge in [0.15, 0.2) is 12.4 Å². The van der Waals surface area contributed by atoms with Gasteiger partial charge >= 0.3 is 5.97 Å². The Morgan fingerprint density at radius 2 is 0.809 bits per heavy atom. The van der Waals surface area contributed by atoms with E-state index >= 15 is 0 Å². The summed E-state index contributed by atoms with van der Waals surface area (Å²) in [5.41, 5.74) is 0. The van der Waals surface area contributed by atoms with E-state index in [1.165, 1.54) is 161 Å². The molecule has 89 heavy (non-hydrogen) atoms. The molecular formula is C78H137NO10. The van der Waals surface area contributed by atoms with Gasteiger partial charge in [-0.1, -0.05) is 311 Å². The van der Waals surface area contributed by atoms with E-state index in [4.69, 9.17) is 14.2 Å². The second kappa shape index (κ2) is 64.7. The maximum absolute atomic E-state index is 13.5. The van der Waals surface area contributed by atoms with Crippen LogP contribution in [0.3, 0.4) is 0 Å². The molecule has 1 fully saturated rings. The summed E-state index contributed by atoms with van der Waals surface area (Å²) in [4.78, 5) is 26.7. The van der Waals surface area contributed by atoms with Crippen molar-refractivity contribution in [2.24, 2.45) is 0 Å². The molecule has 0 aromatic carbocycles. The molecule has 11 heteroatoms. The summed E-state index contributed by atoms with van der Waals surface area (Å²) in [6.07, 6.45) is 77.3. The van der Waals surface area contributed by atoms with Crippen LogP contribution in [0.5, 0.6) is 0 Å². The highest BCUT2D eigenvalue weighted by Gasteiger charge is 2.47. The Morgan fingerprint density at radius 3 is 1.22 bits per heavy atom. The molecule has 0 aromatic rings. The van der Waals surface area contributed by atoms with Gasteiger partial charge < -0.3 is 45.1 Å². The molecule has 1 rings (SSSR count). The number of allylic oxidation sites excluding steroid dienone is 15. The van der Waals surface area contributed by atoms with Gasteiger partial charge in [0.2, 0.25) is 5.91 Å². The molecule has 0 spiro atoms. The SMILES string of the molecule is CC/C=C\C/C=C\C/C=C\C/C=C\C/C=C\C/C=C\CCCCCCCCC(=O)OC1C(OCC(NC(=O)C(O)CCCCCCCCCCCCCC/C=C/CCCCCCCC)C(O)/C=C/CCCCCCCCCCCCC)OC(CO)C(O)C1O. The minimum Gasteiger partial charge on any atom is -0.454 e. The number of amides is 1. The Bertz CT molecular complexity index is 1820. The van der Waals surface area contributed by atoms with Crippen molar-refractivity contribution in [1.29, 1.82) is 0 Å². The van der Waals surface area contributed by atoms with Crippen molar-refractivity contribution >= 4 is 11.9 Å². The van der Waals surface area contributed by atoms with Crippen LogP contribution in [0.2, 0.25) is 0 Å². The number of nitrogens with one attached hydrogen (secondary N) is 1. The molecule has 0 saturated carbocycles. The molecule has 1 amide bonds. The Kier molecular flexibility index (Phi) is 60.7. The van der Waals surface area contributed by atoms with Crippen molar-refractivity contribution in [2.45, 2.75) is 372 Å². The third-order valence-corrected chi connectivity index (χ3v) is 17.0. The van der Waals surface area contributed by atoms with Crippen LogP contribution in [0.15, 0.2) is 97.2 Å². The molecule has 6 N–H and O–H groups in total. The Hall–Kier alpha value is -3.42. The number of hydrogen-bond donors (Lipinski definition) is 6. The zero-order chi connectivity index (χ0) is 64.6. The highest BCUT2D eigenvalue weighted by molar-refractivity contribution is 5.80. The molecule has 0 radical (unpaired) electrons. The van der Waals surface area contributed by atoms with E-state index in [0.29, 0.717) is 12.8 Å². The molecule has 0 aromatic heterocycles. The Morgan fingerprint density at radius 1 is 0.449 bits per heavy atom. The second-order valence-corrected chi connectivity index (χ2v) is 25.3. The van der Waals surface area contributed by atoms with Crippen LogP contribution in [0.25, 0.3) is 0 Å². The molecule has 11 nitrogen and oxygen atoms in total. The highest BCUT2D eigenvalue weighted by atomic mass is 16.7. The Labute approximate surface area is 546 Å². The molecule has 1 aliphatic heterocycles. The number of rotatable bonds is 63. The van der Waals surface area contributed by atoms with E-state index in [9.17, 15) is 35.1 Å². The van der Waals surface area contributed by atoms with Gasteiger partial charge in [-0.05, 0) is 103 Å². The summed E-state index contributed by atoms with van der Waals surface area (Å²) in [6, 6.07) is -1.03. The number of unbranched alkanes of at least 4 members (excludes halogenated alkanes) is 35. The van der Waals surface area contributed by atoms with E-state index in [-0.39, 0.29) is 19.4 Å². The second-order valence-electron chi connectivity index (χ2n) is 25.3. The van der Waals surface area contributed by atoms with Gasteiger partial charge in [-0.25, -0.2) is 0 Å².